The predicted octanol–water partition coefficient (Wildman–Crippen LogP) is 4.87. The lowest BCUT2D eigenvalue weighted by atomic mass is 10.0. The Labute approximate surface area is 158 Å². The molecule has 0 aliphatic rings. The Kier molecular flexibility index (Phi) is 7.09. The smallest absolute Gasteiger partial charge is 0.228 e. The van der Waals surface area contributed by atoms with E-state index in [1.807, 2.05) is 19.9 Å². The second-order valence-corrected chi connectivity index (χ2v) is 6.15. The number of pyridine rings is 1. The van der Waals surface area contributed by atoms with E-state index in [0.29, 0.717) is 28.0 Å². The van der Waals surface area contributed by atoms with Crippen LogP contribution in [0.2, 0.25) is 5.02 Å². The molecule has 2 rings (SSSR count). The van der Waals surface area contributed by atoms with Gasteiger partial charge in [0.2, 0.25) is 5.91 Å². The number of halogens is 1. The Morgan fingerprint density at radius 2 is 1.85 bits per heavy atom. The maximum atomic E-state index is 12.1. The van der Waals surface area contributed by atoms with E-state index >= 15 is 0 Å². The van der Waals surface area contributed by atoms with E-state index < -0.39 is 0 Å². The van der Waals surface area contributed by atoms with Gasteiger partial charge in [-0.1, -0.05) is 25.4 Å². The summed E-state index contributed by atoms with van der Waals surface area (Å²) in [5.41, 5.74) is 1.44. The third-order valence-corrected chi connectivity index (χ3v) is 4.42. The fraction of sp³-hybridized carbons (Fsp3) is 0.368. The van der Waals surface area contributed by atoms with Crippen molar-refractivity contribution in [3.63, 3.8) is 0 Å². The summed E-state index contributed by atoms with van der Waals surface area (Å²) in [5, 5.41) is 6.52. The van der Waals surface area contributed by atoms with Gasteiger partial charge >= 0.3 is 0 Å². The van der Waals surface area contributed by atoms with Crippen molar-refractivity contribution >= 4 is 34.7 Å². The van der Waals surface area contributed by atoms with Gasteiger partial charge in [-0.2, -0.15) is 0 Å². The molecule has 0 aliphatic carbocycles. The second-order valence-electron chi connectivity index (χ2n) is 5.75. The first-order valence-corrected chi connectivity index (χ1v) is 8.85. The molecular weight excluding hydrogens is 354 g/mol. The van der Waals surface area contributed by atoms with Crippen molar-refractivity contribution in [3.05, 3.63) is 35.5 Å². The minimum atomic E-state index is -0.00711. The number of nitrogens with one attached hydrogen (secondary N) is 2. The van der Waals surface area contributed by atoms with Crippen molar-refractivity contribution in [2.24, 2.45) is 5.92 Å². The van der Waals surface area contributed by atoms with Crippen molar-refractivity contribution in [1.29, 1.82) is 0 Å². The highest BCUT2D eigenvalue weighted by Crippen LogP contribution is 2.37. The molecule has 6 nitrogen and oxygen atoms in total. The van der Waals surface area contributed by atoms with E-state index in [0.717, 1.165) is 18.5 Å². The topological polar surface area (TPSA) is 72.5 Å². The van der Waals surface area contributed by atoms with Crippen LogP contribution >= 0.6 is 11.6 Å². The van der Waals surface area contributed by atoms with Gasteiger partial charge in [-0.3, -0.25) is 4.79 Å². The summed E-state index contributed by atoms with van der Waals surface area (Å²) in [5.74, 6) is 1.64. The number of hydrogen-bond acceptors (Lipinski definition) is 5. The van der Waals surface area contributed by atoms with Gasteiger partial charge in [0.25, 0.3) is 0 Å². The molecule has 0 unspecified atom stereocenters. The number of carbonyl (C=O) groups is 1. The molecule has 1 aromatic heterocycles. The predicted molar refractivity (Wildman–Crippen MR) is 105 cm³/mol. The number of ether oxygens (including phenoxy) is 2. The molecule has 2 aromatic rings. The Morgan fingerprint density at radius 1 is 1.15 bits per heavy atom. The van der Waals surface area contributed by atoms with Gasteiger partial charge < -0.3 is 20.1 Å². The molecule has 0 aliphatic heterocycles. The number of benzene rings is 1. The molecule has 0 saturated carbocycles. The summed E-state index contributed by atoms with van der Waals surface area (Å²) < 4.78 is 10.6. The summed E-state index contributed by atoms with van der Waals surface area (Å²) in [6.07, 6.45) is 3.25. The second kappa shape index (κ2) is 9.29. The first-order chi connectivity index (χ1) is 12.5. The Hall–Kier alpha value is -2.47. The lowest BCUT2D eigenvalue weighted by molar-refractivity contribution is -0.120. The highest BCUT2D eigenvalue weighted by molar-refractivity contribution is 6.32. The normalized spacial score (nSPS) is 10.5. The minimum Gasteiger partial charge on any atom is -0.495 e. The number of methoxy groups -OCH3 is 2. The number of rotatable bonds is 8. The highest BCUT2D eigenvalue weighted by atomic mass is 35.5. The molecule has 1 aromatic carbocycles. The molecule has 7 heteroatoms. The Bertz CT molecular complexity index is 746. The van der Waals surface area contributed by atoms with Crippen LogP contribution < -0.4 is 20.1 Å². The fourth-order valence-electron chi connectivity index (χ4n) is 2.54. The van der Waals surface area contributed by atoms with E-state index in [1.165, 1.54) is 0 Å². The van der Waals surface area contributed by atoms with Crippen LogP contribution in [0.5, 0.6) is 11.5 Å². The van der Waals surface area contributed by atoms with Crippen molar-refractivity contribution < 1.29 is 14.3 Å². The molecule has 0 spiro atoms. The van der Waals surface area contributed by atoms with E-state index in [4.69, 9.17) is 21.1 Å². The van der Waals surface area contributed by atoms with E-state index in [-0.39, 0.29) is 11.8 Å². The number of nitrogens with zero attached hydrogens (tertiary/aromatic N) is 1. The quantitative estimate of drug-likeness (QED) is 0.686. The summed E-state index contributed by atoms with van der Waals surface area (Å²) in [6.45, 7) is 4.00. The highest BCUT2D eigenvalue weighted by Gasteiger charge is 2.15. The van der Waals surface area contributed by atoms with Crippen LogP contribution in [0.25, 0.3) is 0 Å². The number of aromatic nitrogens is 1. The maximum absolute atomic E-state index is 12.1. The minimum absolute atomic E-state index is 0.000366. The van der Waals surface area contributed by atoms with Gasteiger partial charge in [0, 0.05) is 18.1 Å². The number of amides is 1. The monoisotopic (exact) mass is 377 g/mol. The summed E-state index contributed by atoms with van der Waals surface area (Å²) in [6, 6.07) is 7.02. The summed E-state index contributed by atoms with van der Waals surface area (Å²) >= 11 is 6.12. The molecule has 2 N–H and O–H groups in total. The van der Waals surface area contributed by atoms with Crippen LogP contribution in [-0.4, -0.2) is 25.1 Å². The van der Waals surface area contributed by atoms with Crippen molar-refractivity contribution in [3.8, 4) is 11.5 Å². The van der Waals surface area contributed by atoms with Gasteiger partial charge in [0.1, 0.15) is 17.3 Å². The average Bonchev–Trinajstić information content (AvgIpc) is 2.65. The van der Waals surface area contributed by atoms with Gasteiger partial charge in [-0.05, 0) is 25.0 Å². The van der Waals surface area contributed by atoms with Crippen molar-refractivity contribution in [2.45, 2.75) is 26.7 Å². The lowest BCUT2D eigenvalue weighted by Gasteiger charge is -2.15. The van der Waals surface area contributed by atoms with Crippen molar-refractivity contribution in [1.82, 2.24) is 4.98 Å². The van der Waals surface area contributed by atoms with E-state index in [2.05, 4.69) is 15.6 Å². The van der Waals surface area contributed by atoms with Crippen LogP contribution in [0.3, 0.4) is 0 Å². The van der Waals surface area contributed by atoms with Crippen LogP contribution in [0.4, 0.5) is 17.2 Å². The third-order valence-electron chi connectivity index (χ3n) is 4.12. The SMILES string of the molecule is CCC(CC)C(=O)Nc1ccc(Nc2cc(OC)c(Cl)cc2OC)cn1. The van der Waals surface area contributed by atoms with Gasteiger partial charge in [0.05, 0.1) is 36.8 Å². The van der Waals surface area contributed by atoms with Crippen LogP contribution in [0.15, 0.2) is 30.5 Å². The molecule has 0 bridgehead atoms. The fourth-order valence-corrected chi connectivity index (χ4v) is 2.77. The molecule has 26 heavy (non-hydrogen) atoms. The Balaban J connectivity index is 2.13. The zero-order valence-corrected chi connectivity index (χ0v) is 16.2. The Morgan fingerprint density at radius 3 is 2.38 bits per heavy atom. The van der Waals surface area contributed by atoms with Crippen LogP contribution in [0, 0.1) is 5.92 Å². The molecule has 1 amide bonds. The largest absolute Gasteiger partial charge is 0.495 e. The van der Waals surface area contributed by atoms with E-state index in [9.17, 15) is 4.79 Å². The third kappa shape index (κ3) is 4.79. The molecule has 0 radical (unpaired) electrons. The standard InChI is InChI=1S/C19H24ClN3O3/c1-5-12(6-2)19(24)23-18-8-7-13(11-21-18)22-15-10-16(25-3)14(20)9-17(15)26-4/h7-12,22H,5-6H2,1-4H3,(H,21,23,24). The number of carbonyl (C=O) groups excluding carboxylic acids is 1. The van der Waals surface area contributed by atoms with Crippen LogP contribution in [-0.2, 0) is 4.79 Å². The first kappa shape index (κ1) is 19.8. The van der Waals surface area contributed by atoms with Gasteiger partial charge in [-0.25, -0.2) is 4.98 Å². The summed E-state index contributed by atoms with van der Waals surface area (Å²) in [7, 11) is 3.12. The number of anilines is 3. The van der Waals surface area contributed by atoms with Gasteiger partial charge in [-0.15, -0.1) is 0 Å². The molecule has 0 atom stereocenters. The molecule has 1 heterocycles. The zero-order valence-electron chi connectivity index (χ0n) is 15.4. The maximum Gasteiger partial charge on any atom is 0.228 e. The average molecular weight is 378 g/mol. The first-order valence-electron chi connectivity index (χ1n) is 8.47. The molecular formula is C19H24ClN3O3. The lowest BCUT2D eigenvalue weighted by Crippen LogP contribution is -2.22. The van der Waals surface area contributed by atoms with E-state index in [1.54, 1.807) is 38.6 Å². The molecule has 0 fully saturated rings. The van der Waals surface area contributed by atoms with Crippen LogP contribution in [0.1, 0.15) is 26.7 Å². The van der Waals surface area contributed by atoms with Gasteiger partial charge in [0.15, 0.2) is 0 Å². The number of hydrogen-bond donors (Lipinski definition) is 2. The van der Waals surface area contributed by atoms with Crippen molar-refractivity contribution in [2.75, 3.05) is 24.9 Å². The molecule has 0 saturated heterocycles. The zero-order chi connectivity index (χ0) is 19.1. The summed E-state index contributed by atoms with van der Waals surface area (Å²) in [4.78, 5) is 16.4. The molecule has 140 valence electrons.